The van der Waals surface area contributed by atoms with Crippen molar-refractivity contribution >= 4 is 5.96 Å². The van der Waals surface area contributed by atoms with Gasteiger partial charge in [0.25, 0.3) is 0 Å². The standard InChI is InChI=1S/C21H38N4O2/c1-6-25(7-2)15-10-11-18(3)24-21(22-4)23-14-16-27-17-19-12-8-9-13-20(19)26-5/h8-9,12-13,18H,6-7,10-11,14-17H2,1-5H3,(H2,22,23,24). The van der Waals surface area contributed by atoms with Gasteiger partial charge < -0.3 is 25.0 Å². The maximum Gasteiger partial charge on any atom is 0.191 e. The van der Waals surface area contributed by atoms with Gasteiger partial charge in [-0.15, -0.1) is 0 Å². The number of guanidine groups is 1. The average Bonchev–Trinajstić information content (AvgIpc) is 2.70. The molecule has 0 fully saturated rings. The van der Waals surface area contributed by atoms with Crippen molar-refractivity contribution in [3.8, 4) is 5.75 Å². The maximum atomic E-state index is 5.75. The van der Waals surface area contributed by atoms with Crippen LogP contribution in [0.5, 0.6) is 5.75 Å². The van der Waals surface area contributed by atoms with Gasteiger partial charge in [-0.25, -0.2) is 0 Å². The second-order valence-electron chi connectivity index (χ2n) is 6.58. The van der Waals surface area contributed by atoms with E-state index in [1.165, 1.54) is 6.42 Å². The number of rotatable bonds is 13. The number of para-hydroxylation sites is 1. The van der Waals surface area contributed by atoms with E-state index < -0.39 is 0 Å². The Bertz CT molecular complexity index is 533. The van der Waals surface area contributed by atoms with E-state index >= 15 is 0 Å². The lowest BCUT2D eigenvalue weighted by Gasteiger charge is -2.21. The first-order valence-electron chi connectivity index (χ1n) is 10.0. The van der Waals surface area contributed by atoms with Crippen LogP contribution in [0.3, 0.4) is 0 Å². The van der Waals surface area contributed by atoms with Gasteiger partial charge in [-0.2, -0.15) is 0 Å². The second-order valence-corrected chi connectivity index (χ2v) is 6.58. The highest BCUT2D eigenvalue weighted by molar-refractivity contribution is 5.79. The van der Waals surface area contributed by atoms with Crippen LogP contribution >= 0.6 is 0 Å². The van der Waals surface area contributed by atoms with Crippen molar-refractivity contribution in [1.29, 1.82) is 0 Å². The van der Waals surface area contributed by atoms with Crippen molar-refractivity contribution in [2.24, 2.45) is 4.99 Å². The van der Waals surface area contributed by atoms with E-state index in [0.29, 0.717) is 25.8 Å². The number of nitrogens with one attached hydrogen (secondary N) is 2. The minimum atomic E-state index is 0.390. The molecule has 1 atom stereocenters. The van der Waals surface area contributed by atoms with Crippen molar-refractivity contribution < 1.29 is 9.47 Å². The van der Waals surface area contributed by atoms with Crippen LogP contribution in [0.1, 0.15) is 39.2 Å². The van der Waals surface area contributed by atoms with Crippen LogP contribution in [-0.2, 0) is 11.3 Å². The summed E-state index contributed by atoms with van der Waals surface area (Å²) in [5.41, 5.74) is 1.06. The Balaban J connectivity index is 2.20. The lowest BCUT2D eigenvalue weighted by molar-refractivity contribution is 0.123. The van der Waals surface area contributed by atoms with Crippen LogP contribution < -0.4 is 15.4 Å². The Kier molecular flexibility index (Phi) is 12.3. The third-order valence-corrected chi connectivity index (χ3v) is 4.60. The number of hydrogen-bond donors (Lipinski definition) is 2. The summed E-state index contributed by atoms with van der Waals surface area (Å²) in [6.07, 6.45) is 2.32. The van der Waals surface area contributed by atoms with E-state index in [2.05, 4.69) is 41.3 Å². The molecule has 0 aromatic heterocycles. The highest BCUT2D eigenvalue weighted by Gasteiger charge is 2.07. The number of methoxy groups -OCH3 is 1. The van der Waals surface area contributed by atoms with Gasteiger partial charge >= 0.3 is 0 Å². The lowest BCUT2D eigenvalue weighted by atomic mass is 10.2. The quantitative estimate of drug-likeness (QED) is 0.314. The van der Waals surface area contributed by atoms with Crippen molar-refractivity contribution in [3.05, 3.63) is 29.8 Å². The Morgan fingerprint density at radius 1 is 1.22 bits per heavy atom. The van der Waals surface area contributed by atoms with Crippen molar-refractivity contribution in [1.82, 2.24) is 15.5 Å². The lowest BCUT2D eigenvalue weighted by Crippen LogP contribution is -2.43. The van der Waals surface area contributed by atoms with E-state index in [1.54, 1.807) is 14.2 Å². The fourth-order valence-corrected chi connectivity index (χ4v) is 2.91. The van der Waals surface area contributed by atoms with Gasteiger partial charge in [-0.05, 0) is 45.5 Å². The highest BCUT2D eigenvalue weighted by Crippen LogP contribution is 2.17. The number of hydrogen-bond acceptors (Lipinski definition) is 4. The van der Waals surface area contributed by atoms with Gasteiger partial charge in [0, 0.05) is 25.2 Å². The van der Waals surface area contributed by atoms with Crippen LogP contribution in [-0.4, -0.2) is 63.8 Å². The first-order chi connectivity index (χ1) is 13.1. The molecule has 0 bridgehead atoms. The van der Waals surface area contributed by atoms with Gasteiger partial charge in [-0.1, -0.05) is 32.0 Å². The molecule has 0 amide bonds. The summed E-state index contributed by atoms with van der Waals surface area (Å²) in [5.74, 6) is 1.69. The van der Waals surface area contributed by atoms with E-state index in [4.69, 9.17) is 9.47 Å². The summed E-state index contributed by atoms with van der Waals surface area (Å²) < 4.78 is 11.1. The van der Waals surface area contributed by atoms with Crippen LogP contribution in [0.15, 0.2) is 29.3 Å². The second kappa shape index (κ2) is 14.3. The molecule has 0 aliphatic carbocycles. The fraction of sp³-hybridized carbons (Fsp3) is 0.667. The number of ether oxygens (including phenoxy) is 2. The summed E-state index contributed by atoms with van der Waals surface area (Å²) >= 11 is 0. The zero-order chi connectivity index (χ0) is 19.9. The molecule has 0 aliphatic heterocycles. The van der Waals surface area contributed by atoms with Crippen LogP contribution in [0.4, 0.5) is 0 Å². The number of aliphatic imine (C=N–C) groups is 1. The van der Waals surface area contributed by atoms with Crippen molar-refractivity contribution in [2.75, 3.05) is 46.9 Å². The van der Waals surface area contributed by atoms with Gasteiger partial charge in [0.15, 0.2) is 5.96 Å². The van der Waals surface area contributed by atoms with Crippen LogP contribution in [0.2, 0.25) is 0 Å². The molecule has 0 aliphatic rings. The van der Waals surface area contributed by atoms with E-state index in [1.807, 2.05) is 24.3 Å². The average molecular weight is 379 g/mol. The van der Waals surface area contributed by atoms with Gasteiger partial charge in [-0.3, -0.25) is 4.99 Å². The highest BCUT2D eigenvalue weighted by atomic mass is 16.5. The predicted molar refractivity (Wildman–Crippen MR) is 114 cm³/mol. The molecule has 154 valence electrons. The fourth-order valence-electron chi connectivity index (χ4n) is 2.91. The smallest absolute Gasteiger partial charge is 0.191 e. The molecule has 1 aromatic rings. The van der Waals surface area contributed by atoms with Crippen LogP contribution in [0.25, 0.3) is 0 Å². The maximum absolute atomic E-state index is 5.75. The first-order valence-corrected chi connectivity index (χ1v) is 10.0. The van der Waals surface area contributed by atoms with E-state index in [0.717, 1.165) is 43.3 Å². The summed E-state index contributed by atoms with van der Waals surface area (Å²) in [7, 11) is 3.48. The first kappa shape index (κ1) is 23.2. The summed E-state index contributed by atoms with van der Waals surface area (Å²) in [6, 6.07) is 8.31. The minimum absolute atomic E-state index is 0.390. The largest absolute Gasteiger partial charge is 0.496 e. The Hall–Kier alpha value is -1.79. The molecule has 1 aromatic carbocycles. The van der Waals surface area contributed by atoms with Gasteiger partial charge in [0.05, 0.1) is 20.3 Å². The normalized spacial score (nSPS) is 12.9. The molecule has 0 heterocycles. The molecule has 27 heavy (non-hydrogen) atoms. The molecule has 0 saturated carbocycles. The topological polar surface area (TPSA) is 58.1 Å². The summed E-state index contributed by atoms with van der Waals surface area (Å²) in [5, 5.41) is 6.76. The number of nitrogens with zero attached hydrogens (tertiary/aromatic N) is 2. The monoisotopic (exact) mass is 378 g/mol. The zero-order valence-corrected chi connectivity index (χ0v) is 17.8. The zero-order valence-electron chi connectivity index (χ0n) is 17.8. The SMILES string of the molecule is CCN(CC)CCCC(C)NC(=NC)NCCOCc1ccccc1OC. The molecule has 1 unspecified atom stereocenters. The van der Waals surface area contributed by atoms with Crippen LogP contribution in [0, 0.1) is 0 Å². The molecule has 6 heteroatoms. The number of benzene rings is 1. The Morgan fingerprint density at radius 2 is 1.96 bits per heavy atom. The van der Waals surface area contributed by atoms with E-state index in [-0.39, 0.29) is 0 Å². The summed E-state index contributed by atoms with van der Waals surface area (Å²) in [4.78, 5) is 6.75. The molecule has 1 rings (SSSR count). The predicted octanol–water partition coefficient (Wildman–Crippen LogP) is 2.89. The molecule has 2 N–H and O–H groups in total. The summed E-state index contributed by atoms with van der Waals surface area (Å²) in [6.45, 7) is 11.9. The molecule has 0 spiro atoms. The van der Waals surface area contributed by atoms with Crippen molar-refractivity contribution in [3.63, 3.8) is 0 Å². The van der Waals surface area contributed by atoms with Crippen molar-refractivity contribution in [2.45, 2.75) is 46.3 Å². The molecule has 0 radical (unpaired) electrons. The van der Waals surface area contributed by atoms with Gasteiger partial charge in [0.2, 0.25) is 0 Å². The molecular formula is C21H38N4O2. The molecule has 0 saturated heterocycles. The molecule has 6 nitrogen and oxygen atoms in total. The third kappa shape index (κ3) is 9.63. The van der Waals surface area contributed by atoms with Gasteiger partial charge in [0.1, 0.15) is 5.75 Å². The Morgan fingerprint density at radius 3 is 2.63 bits per heavy atom. The Labute approximate surface area is 165 Å². The minimum Gasteiger partial charge on any atom is -0.496 e. The third-order valence-electron chi connectivity index (χ3n) is 4.60. The van der Waals surface area contributed by atoms with E-state index in [9.17, 15) is 0 Å². The molecular weight excluding hydrogens is 340 g/mol.